The Morgan fingerprint density at radius 3 is 2.77 bits per heavy atom. The molecule has 4 rings (SSSR count). The number of aromatic nitrogens is 3. The maximum absolute atomic E-state index is 9.03. The molecule has 3 heterocycles. The molecule has 1 fully saturated rings. The third-order valence-corrected chi connectivity index (χ3v) is 5.88. The summed E-state index contributed by atoms with van der Waals surface area (Å²) in [6.45, 7) is 2.91. The zero-order chi connectivity index (χ0) is 21.1. The van der Waals surface area contributed by atoms with Crippen molar-refractivity contribution in [2.24, 2.45) is 0 Å². The van der Waals surface area contributed by atoms with Gasteiger partial charge in [-0.2, -0.15) is 10.2 Å². The van der Waals surface area contributed by atoms with Gasteiger partial charge in [0, 0.05) is 12.1 Å². The highest BCUT2D eigenvalue weighted by molar-refractivity contribution is 7.16. The molecule has 1 aromatic carbocycles. The Morgan fingerprint density at radius 2 is 2.03 bits per heavy atom. The molecule has 0 aliphatic carbocycles. The molecule has 0 spiro atoms. The number of nitrogens with one attached hydrogen (secondary N) is 1. The van der Waals surface area contributed by atoms with Crippen molar-refractivity contribution >= 4 is 28.2 Å². The van der Waals surface area contributed by atoms with E-state index in [1.165, 1.54) is 17.5 Å². The van der Waals surface area contributed by atoms with Gasteiger partial charge in [0.2, 0.25) is 5.95 Å². The first kappa shape index (κ1) is 19.9. The monoisotopic (exact) mass is 422 g/mol. The van der Waals surface area contributed by atoms with Gasteiger partial charge in [-0.3, -0.25) is 0 Å². The molecule has 3 aromatic rings. The smallest absolute Gasteiger partial charge is 0.228 e. The Bertz CT molecular complexity index is 1090. The highest BCUT2D eigenvalue weighted by Crippen LogP contribution is 2.40. The fraction of sp³-hybridized carbons (Fsp3) is 0.333. The van der Waals surface area contributed by atoms with Crippen molar-refractivity contribution in [2.75, 3.05) is 31.0 Å². The van der Waals surface area contributed by atoms with Crippen LogP contribution in [-0.4, -0.2) is 35.7 Å². The fourth-order valence-corrected chi connectivity index (χ4v) is 4.26. The van der Waals surface area contributed by atoms with Crippen LogP contribution in [0.15, 0.2) is 30.6 Å². The van der Waals surface area contributed by atoms with Crippen LogP contribution in [0.3, 0.4) is 0 Å². The minimum Gasteiger partial charge on any atom is -0.496 e. The third-order valence-electron chi connectivity index (χ3n) is 5.06. The Labute approximate surface area is 179 Å². The normalized spacial score (nSPS) is 15.7. The standard InChI is InChI=1S/C21H22N6O2S/c1-13-6-7-15(17(9-13)28-2)16-5-4-8-27(16)20-23-12-18(29-3)19(25-20)26-21-24-11-14(10-22)30-21/h6-7,9,11-12,16H,4-5,8H2,1-3H3,(H,23,24,25,26). The van der Waals surface area contributed by atoms with E-state index in [2.05, 4.69) is 51.4 Å². The lowest BCUT2D eigenvalue weighted by Gasteiger charge is -2.27. The second-order valence-electron chi connectivity index (χ2n) is 6.95. The molecule has 154 valence electrons. The van der Waals surface area contributed by atoms with Crippen molar-refractivity contribution in [1.29, 1.82) is 5.26 Å². The zero-order valence-electron chi connectivity index (χ0n) is 17.0. The summed E-state index contributed by atoms with van der Waals surface area (Å²) in [6.07, 6.45) is 5.22. The number of anilines is 3. The molecular formula is C21H22N6O2S. The molecule has 1 atom stereocenters. The van der Waals surface area contributed by atoms with Gasteiger partial charge in [0.15, 0.2) is 16.7 Å². The van der Waals surface area contributed by atoms with E-state index < -0.39 is 0 Å². The van der Waals surface area contributed by atoms with Crippen LogP contribution < -0.4 is 19.7 Å². The lowest BCUT2D eigenvalue weighted by atomic mass is 10.0. The molecule has 30 heavy (non-hydrogen) atoms. The molecule has 0 bridgehead atoms. The van der Waals surface area contributed by atoms with E-state index in [0.717, 1.165) is 36.3 Å². The van der Waals surface area contributed by atoms with Crippen LogP contribution in [0, 0.1) is 18.3 Å². The summed E-state index contributed by atoms with van der Waals surface area (Å²) in [4.78, 5) is 16.2. The highest BCUT2D eigenvalue weighted by Gasteiger charge is 2.31. The second-order valence-corrected chi connectivity index (χ2v) is 7.98. The second kappa shape index (κ2) is 8.55. The first-order valence-electron chi connectivity index (χ1n) is 9.58. The topological polar surface area (TPSA) is 96.2 Å². The first-order valence-corrected chi connectivity index (χ1v) is 10.4. The summed E-state index contributed by atoms with van der Waals surface area (Å²) in [6, 6.07) is 8.50. The number of rotatable bonds is 6. The first-order chi connectivity index (χ1) is 14.6. The number of nitriles is 1. The molecule has 0 saturated carbocycles. The van der Waals surface area contributed by atoms with Crippen LogP contribution in [0.2, 0.25) is 0 Å². The lowest BCUT2D eigenvalue weighted by molar-refractivity contribution is 0.404. The maximum atomic E-state index is 9.03. The van der Waals surface area contributed by atoms with E-state index >= 15 is 0 Å². The minimum absolute atomic E-state index is 0.131. The number of nitrogens with zero attached hydrogens (tertiary/aromatic N) is 5. The summed E-state index contributed by atoms with van der Waals surface area (Å²) >= 11 is 1.26. The number of methoxy groups -OCH3 is 2. The molecule has 9 heteroatoms. The van der Waals surface area contributed by atoms with Crippen LogP contribution in [0.25, 0.3) is 0 Å². The van der Waals surface area contributed by atoms with Crippen LogP contribution >= 0.6 is 11.3 Å². The predicted molar refractivity (Wildman–Crippen MR) is 116 cm³/mol. The lowest BCUT2D eigenvalue weighted by Crippen LogP contribution is -2.25. The average Bonchev–Trinajstić information content (AvgIpc) is 3.43. The van der Waals surface area contributed by atoms with Gasteiger partial charge in [-0.1, -0.05) is 23.5 Å². The predicted octanol–water partition coefficient (Wildman–Crippen LogP) is 4.22. The van der Waals surface area contributed by atoms with Crippen molar-refractivity contribution < 1.29 is 9.47 Å². The average molecular weight is 423 g/mol. The largest absolute Gasteiger partial charge is 0.496 e. The van der Waals surface area contributed by atoms with Gasteiger partial charge in [0.25, 0.3) is 0 Å². The molecular weight excluding hydrogens is 400 g/mol. The molecule has 1 aliphatic rings. The van der Waals surface area contributed by atoms with Crippen molar-refractivity contribution in [3.63, 3.8) is 0 Å². The van der Waals surface area contributed by atoms with Crippen molar-refractivity contribution in [1.82, 2.24) is 15.0 Å². The van der Waals surface area contributed by atoms with Gasteiger partial charge in [-0.25, -0.2) is 9.97 Å². The summed E-state index contributed by atoms with van der Waals surface area (Å²) in [5, 5.41) is 12.8. The molecule has 8 nitrogen and oxygen atoms in total. The highest BCUT2D eigenvalue weighted by atomic mass is 32.1. The fourth-order valence-electron chi connectivity index (χ4n) is 3.65. The van der Waals surface area contributed by atoms with Crippen molar-refractivity contribution in [3.05, 3.63) is 46.6 Å². The molecule has 0 amide bonds. The summed E-state index contributed by atoms with van der Waals surface area (Å²) < 4.78 is 11.1. The number of thiazole rings is 1. The van der Waals surface area contributed by atoms with E-state index in [0.29, 0.717) is 27.5 Å². The summed E-state index contributed by atoms with van der Waals surface area (Å²) in [5.41, 5.74) is 2.29. The molecule has 0 radical (unpaired) electrons. The Balaban J connectivity index is 1.67. The van der Waals surface area contributed by atoms with Gasteiger partial charge in [-0.15, -0.1) is 0 Å². The van der Waals surface area contributed by atoms with E-state index in [4.69, 9.17) is 19.7 Å². The Hall–Kier alpha value is -3.38. The van der Waals surface area contributed by atoms with Crippen LogP contribution in [0.4, 0.5) is 16.9 Å². The molecule has 1 aliphatic heterocycles. The van der Waals surface area contributed by atoms with E-state index in [9.17, 15) is 0 Å². The Kier molecular flexibility index (Phi) is 5.68. The number of aryl methyl sites for hydroxylation is 1. The SMILES string of the molecule is COc1cc(C)ccc1C1CCCN1c1ncc(OC)c(Nc2ncc(C#N)s2)n1. The van der Waals surface area contributed by atoms with Crippen LogP contribution in [-0.2, 0) is 0 Å². The van der Waals surface area contributed by atoms with Gasteiger partial charge >= 0.3 is 0 Å². The summed E-state index contributed by atoms with van der Waals surface area (Å²) in [7, 11) is 3.27. The van der Waals surface area contributed by atoms with Crippen LogP contribution in [0.1, 0.15) is 34.9 Å². The van der Waals surface area contributed by atoms with E-state index in [-0.39, 0.29) is 6.04 Å². The number of ether oxygens (including phenoxy) is 2. The quantitative estimate of drug-likeness (QED) is 0.631. The minimum atomic E-state index is 0.131. The molecule has 1 N–H and O–H groups in total. The number of benzene rings is 1. The van der Waals surface area contributed by atoms with E-state index in [1.54, 1.807) is 20.4 Å². The zero-order valence-corrected chi connectivity index (χ0v) is 17.9. The Morgan fingerprint density at radius 1 is 1.20 bits per heavy atom. The van der Waals surface area contributed by atoms with Gasteiger partial charge < -0.3 is 19.7 Å². The van der Waals surface area contributed by atoms with Crippen molar-refractivity contribution in [2.45, 2.75) is 25.8 Å². The summed E-state index contributed by atoms with van der Waals surface area (Å²) in [5.74, 6) is 2.52. The van der Waals surface area contributed by atoms with Crippen LogP contribution in [0.5, 0.6) is 11.5 Å². The van der Waals surface area contributed by atoms with E-state index in [1.807, 2.05) is 0 Å². The van der Waals surface area contributed by atoms with Gasteiger partial charge in [-0.05, 0) is 31.4 Å². The molecule has 2 aromatic heterocycles. The van der Waals surface area contributed by atoms with Crippen molar-refractivity contribution in [3.8, 4) is 17.6 Å². The molecule has 1 saturated heterocycles. The maximum Gasteiger partial charge on any atom is 0.228 e. The third kappa shape index (κ3) is 3.86. The van der Waals surface area contributed by atoms with Gasteiger partial charge in [0.05, 0.1) is 32.7 Å². The molecule has 1 unspecified atom stereocenters. The number of hydrogen-bond acceptors (Lipinski definition) is 9. The number of hydrogen-bond donors (Lipinski definition) is 1. The van der Waals surface area contributed by atoms with Gasteiger partial charge in [0.1, 0.15) is 16.7 Å².